The predicted molar refractivity (Wildman–Crippen MR) is 117 cm³/mol. The van der Waals surface area contributed by atoms with Gasteiger partial charge >= 0.3 is 0 Å². The van der Waals surface area contributed by atoms with E-state index in [0.717, 1.165) is 25.2 Å². The van der Waals surface area contributed by atoms with Crippen LogP contribution in [0, 0.1) is 0 Å². The number of anilines is 2. The number of carbonyl (C=O) groups excluding carboxylic acids is 2. The summed E-state index contributed by atoms with van der Waals surface area (Å²) in [6.45, 7) is 8.24. The molecule has 2 N–H and O–H groups in total. The largest absolute Gasteiger partial charge is 0.495 e. The highest BCUT2D eigenvalue weighted by molar-refractivity contribution is 6.04. The zero-order valence-corrected chi connectivity index (χ0v) is 17.9. The standard InChI is InChI=1S/C23H29N3O4/c1-15-12-26(13-16(2)30-15)14-18-5-7-19(8-6-18)23(28)25-20-9-10-22(29-4)21(11-20)24-17(3)27/h5-11,15-16H,12-14H2,1-4H3,(H,24,27)(H,25,28). The fraction of sp³-hybridized carbons (Fsp3) is 0.391. The van der Waals surface area contributed by atoms with Crippen molar-refractivity contribution in [1.29, 1.82) is 0 Å². The van der Waals surface area contributed by atoms with E-state index >= 15 is 0 Å². The number of amides is 2. The molecule has 7 nitrogen and oxygen atoms in total. The van der Waals surface area contributed by atoms with E-state index in [2.05, 4.69) is 29.4 Å². The molecular formula is C23H29N3O4. The topological polar surface area (TPSA) is 79.9 Å². The van der Waals surface area contributed by atoms with Crippen molar-refractivity contribution in [3.63, 3.8) is 0 Å². The molecule has 1 saturated heterocycles. The van der Waals surface area contributed by atoms with E-state index in [-0.39, 0.29) is 24.0 Å². The molecule has 2 amide bonds. The van der Waals surface area contributed by atoms with Crippen molar-refractivity contribution in [3.8, 4) is 5.75 Å². The Labute approximate surface area is 177 Å². The van der Waals surface area contributed by atoms with Crippen LogP contribution in [0.4, 0.5) is 11.4 Å². The number of morpholine rings is 1. The molecule has 2 aromatic carbocycles. The zero-order valence-electron chi connectivity index (χ0n) is 17.9. The summed E-state index contributed by atoms with van der Waals surface area (Å²) in [4.78, 5) is 26.4. The van der Waals surface area contributed by atoms with Crippen LogP contribution in [0.25, 0.3) is 0 Å². The molecule has 7 heteroatoms. The van der Waals surface area contributed by atoms with Crippen molar-refractivity contribution in [3.05, 3.63) is 53.6 Å². The lowest BCUT2D eigenvalue weighted by atomic mass is 10.1. The second kappa shape index (κ2) is 9.73. The Morgan fingerprint density at radius 3 is 2.33 bits per heavy atom. The summed E-state index contributed by atoms with van der Waals surface area (Å²) in [5.74, 6) is 0.102. The number of methoxy groups -OCH3 is 1. The highest BCUT2D eigenvalue weighted by atomic mass is 16.5. The summed E-state index contributed by atoms with van der Waals surface area (Å²) >= 11 is 0. The van der Waals surface area contributed by atoms with Gasteiger partial charge in [0, 0.05) is 37.8 Å². The third-order valence-corrected chi connectivity index (χ3v) is 4.89. The summed E-state index contributed by atoms with van der Waals surface area (Å²) in [6, 6.07) is 12.7. The second-order valence-electron chi connectivity index (χ2n) is 7.70. The third-order valence-electron chi connectivity index (χ3n) is 4.89. The Morgan fingerprint density at radius 1 is 1.07 bits per heavy atom. The van der Waals surface area contributed by atoms with E-state index in [4.69, 9.17) is 9.47 Å². The van der Waals surface area contributed by atoms with Crippen molar-refractivity contribution in [2.75, 3.05) is 30.8 Å². The highest BCUT2D eigenvalue weighted by Crippen LogP contribution is 2.28. The summed E-state index contributed by atoms with van der Waals surface area (Å²) in [5.41, 5.74) is 2.81. The van der Waals surface area contributed by atoms with Gasteiger partial charge in [0.05, 0.1) is 25.0 Å². The van der Waals surface area contributed by atoms with Crippen LogP contribution < -0.4 is 15.4 Å². The van der Waals surface area contributed by atoms with Crippen LogP contribution in [0.3, 0.4) is 0 Å². The van der Waals surface area contributed by atoms with Crippen LogP contribution in [-0.2, 0) is 16.1 Å². The lowest BCUT2D eigenvalue weighted by Crippen LogP contribution is -2.44. The van der Waals surface area contributed by atoms with Gasteiger partial charge in [0.1, 0.15) is 5.75 Å². The van der Waals surface area contributed by atoms with E-state index < -0.39 is 0 Å². The van der Waals surface area contributed by atoms with Crippen molar-refractivity contribution in [2.24, 2.45) is 0 Å². The SMILES string of the molecule is COc1ccc(NC(=O)c2ccc(CN3CC(C)OC(C)C3)cc2)cc1NC(C)=O. The molecule has 0 bridgehead atoms. The Bertz CT molecular complexity index is 888. The maximum atomic E-state index is 12.6. The fourth-order valence-electron chi connectivity index (χ4n) is 3.71. The van der Waals surface area contributed by atoms with Crippen molar-refractivity contribution in [1.82, 2.24) is 4.90 Å². The van der Waals surface area contributed by atoms with Gasteiger partial charge in [0.2, 0.25) is 5.91 Å². The lowest BCUT2D eigenvalue weighted by molar-refractivity contribution is -0.114. The molecule has 0 radical (unpaired) electrons. The number of hydrogen-bond donors (Lipinski definition) is 2. The quantitative estimate of drug-likeness (QED) is 0.760. The number of nitrogens with zero attached hydrogens (tertiary/aromatic N) is 1. The Hall–Kier alpha value is -2.90. The van der Waals surface area contributed by atoms with E-state index in [0.29, 0.717) is 22.7 Å². The molecule has 2 unspecified atom stereocenters. The van der Waals surface area contributed by atoms with Gasteiger partial charge in [0.25, 0.3) is 5.91 Å². The molecular weight excluding hydrogens is 382 g/mol. The minimum atomic E-state index is -0.214. The van der Waals surface area contributed by atoms with Gasteiger partial charge in [-0.25, -0.2) is 0 Å². The fourth-order valence-corrected chi connectivity index (χ4v) is 3.71. The van der Waals surface area contributed by atoms with Crippen molar-refractivity contribution >= 4 is 23.2 Å². The number of ether oxygens (including phenoxy) is 2. The molecule has 30 heavy (non-hydrogen) atoms. The number of rotatable bonds is 6. The monoisotopic (exact) mass is 411 g/mol. The first-order valence-corrected chi connectivity index (χ1v) is 10.1. The van der Waals surface area contributed by atoms with Crippen molar-refractivity contribution in [2.45, 2.75) is 39.5 Å². The molecule has 1 aliphatic heterocycles. The first-order valence-electron chi connectivity index (χ1n) is 10.1. The van der Waals surface area contributed by atoms with Crippen LogP contribution in [0.5, 0.6) is 5.75 Å². The lowest BCUT2D eigenvalue weighted by Gasteiger charge is -2.35. The van der Waals surface area contributed by atoms with E-state index in [1.54, 1.807) is 18.2 Å². The van der Waals surface area contributed by atoms with E-state index in [9.17, 15) is 9.59 Å². The molecule has 0 aromatic heterocycles. The molecule has 1 heterocycles. The normalized spacial score (nSPS) is 19.2. The smallest absolute Gasteiger partial charge is 0.255 e. The second-order valence-corrected chi connectivity index (χ2v) is 7.70. The molecule has 0 spiro atoms. The number of nitrogens with one attached hydrogen (secondary N) is 2. The van der Waals surface area contributed by atoms with Gasteiger partial charge in [-0.3, -0.25) is 14.5 Å². The van der Waals surface area contributed by atoms with Crippen LogP contribution in [0.2, 0.25) is 0 Å². The summed E-state index contributed by atoms with van der Waals surface area (Å²) in [6.07, 6.45) is 0.455. The minimum Gasteiger partial charge on any atom is -0.495 e. The van der Waals surface area contributed by atoms with E-state index in [1.165, 1.54) is 14.0 Å². The van der Waals surface area contributed by atoms with Crippen LogP contribution in [-0.4, -0.2) is 49.1 Å². The molecule has 2 atom stereocenters. The summed E-state index contributed by atoms with van der Waals surface area (Å²) in [7, 11) is 1.53. The minimum absolute atomic E-state index is 0.212. The molecule has 160 valence electrons. The number of benzene rings is 2. The van der Waals surface area contributed by atoms with E-state index in [1.807, 2.05) is 24.3 Å². The maximum Gasteiger partial charge on any atom is 0.255 e. The van der Waals surface area contributed by atoms with Gasteiger partial charge < -0.3 is 20.1 Å². The molecule has 1 fully saturated rings. The molecule has 0 aliphatic carbocycles. The predicted octanol–water partition coefficient (Wildman–Crippen LogP) is 3.52. The molecule has 2 aromatic rings. The molecule has 1 aliphatic rings. The Balaban J connectivity index is 1.64. The first kappa shape index (κ1) is 21.8. The highest BCUT2D eigenvalue weighted by Gasteiger charge is 2.22. The van der Waals surface area contributed by atoms with Crippen LogP contribution in [0.1, 0.15) is 36.7 Å². The van der Waals surface area contributed by atoms with Gasteiger partial charge in [-0.15, -0.1) is 0 Å². The summed E-state index contributed by atoms with van der Waals surface area (Å²) in [5, 5.41) is 5.56. The van der Waals surface area contributed by atoms with Crippen LogP contribution >= 0.6 is 0 Å². The maximum absolute atomic E-state index is 12.6. The van der Waals surface area contributed by atoms with Gasteiger partial charge in [-0.05, 0) is 49.7 Å². The molecule has 3 rings (SSSR count). The average Bonchev–Trinajstić information content (AvgIpc) is 2.67. The Kier molecular flexibility index (Phi) is 7.07. The zero-order chi connectivity index (χ0) is 21.7. The number of hydrogen-bond acceptors (Lipinski definition) is 5. The van der Waals surface area contributed by atoms with Gasteiger partial charge in [-0.2, -0.15) is 0 Å². The average molecular weight is 412 g/mol. The number of carbonyl (C=O) groups is 2. The summed E-state index contributed by atoms with van der Waals surface area (Å²) < 4.78 is 11.0. The first-order chi connectivity index (χ1) is 14.3. The van der Waals surface area contributed by atoms with Gasteiger partial charge in [-0.1, -0.05) is 12.1 Å². The van der Waals surface area contributed by atoms with Gasteiger partial charge in [0.15, 0.2) is 0 Å². The van der Waals surface area contributed by atoms with Crippen molar-refractivity contribution < 1.29 is 19.1 Å². The Morgan fingerprint density at radius 2 is 1.73 bits per heavy atom. The van der Waals surface area contributed by atoms with Crippen LogP contribution in [0.15, 0.2) is 42.5 Å². The third kappa shape index (κ3) is 5.81. The molecule has 0 saturated carbocycles.